The maximum Gasteiger partial charge on any atom is 0.416 e. The number of nitrogens with zero attached hydrogens (tertiary/aromatic N) is 1. The van der Waals surface area contributed by atoms with Gasteiger partial charge in [-0.25, -0.2) is 4.98 Å². The highest BCUT2D eigenvalue weighted by atomic mass is 127. The molecule has 1 aromatic heterocycles. The van der Waals surface area contributed by atoms with E-state index in [9.17, 15) is 17.7 Å². The molecule has 0 aliphatic carbocycles. The Morgan fingerprint density at radius 2 is 1.95 bits per heavy atom. The van der Waals surface area contributed by atoms with Crippen LogP contribution in [0, 0.1) is 3.70 Å². The predicted molar refractivity (Wildman–Crippen MR) is 86.0 cm³/mol. The number of halogens is 4. The van der Waals surface area contributed by atoms with Gasteiger partial charge >= 0.3 is 6.18 Å². The summed E-state index contributed by atoms with van der Waals surface area (Å²) in [5.74, 6) is 0. The Morgan fingerprint density at radius 1 is 1.38 bits per heavy atom. The van der Waals surface area contributed by atoms with E-state index >= 15 is 0 Å². The molecule has 0 bridgehead atoms. The van der Waals surface area contributed by atoms with Gasteiger partial charge in [-0.15, -0.1) is 4.72 Å². The molecule has 1 unspecified atom stereocenters. The molecule has 0 saturated heterocycles. The molecule has 2 atom stereocenters. The third-order valence-electron chi connectivity index (χ3n) is 2.80. The molecule has 0 fully saturated rings. The Kier molecular flexibility index (Phi) is 6.34. The van der Waals surface area contributed by atoms with Gasteiger partial charge in [0.2, 0.25) is 0 Å². The van der Waals surface area contributed by atoms with Crippen LogP contribution in [0.1, 0.15) is 51.3 Å². The number of alkyl halides is 3. The van der Waals surface area contributed by atoms with Gasteiger partial charge in [-0.05, 0) is 55.8 Å². The molecule has 1 aromatic rings. The first-order chi connectivity index (χ1) is 9.46. The van der Waals surface area contributed by atoms with Crippen molar-refractivity contribution in [2.24, 2.45) is 0 Å². The zero-order chi connectivity index (χ0) is 16.4. The Bertz CT molecular complexity index is 491. The highest BCUT2D eigenvalue weighted by molar-refractivity contribution is 14.1. The van der Waals surface area contributed by atoms with E-state index in [0.717, 1.165) is 6.07 Å². The van der Waals surface area contributed by atoms with Crippen LogP contribution in [-0.4, -0.2) is 14.3 Å². The van der Waals surface area contributed by atoms with Crippen molar-refractivity contribution in [3.63, 3.8) is 0 Å². The lowest BCUT2D eigenvalue weighted by Gasteiger charge is -2.28. The van der Waals surface area contributed by atoms with Gasteiger partial charge < -0.3 is 4.55 Å². The number of pyridine rings is 1. The first-order valence-corrected chi connectivity index (χ1v) is 8.60. The molecular formula is C13H18F3IN2OS. The van der Waals surface area contributed by atoms with Crippen LogP contribution in [-0.2, 0) is 17.5 Å². The normalized spacial score (nSPS) is 15.9. The quantitative estimate of drug-likeness (QED) is 0.439. The van der Waals surface area contributed by atoms with Crippen molar-refractivity contribution in [3.05, 3.63) is 27.1 Å². The second-order valence-corrected chi connectivity index (χ2v) is 8.65. The summed E-state index contributed by atoms with van der Waals surface area (Å²) < 4.78 is 54.1. The third-order valence-corrected chi connectivity index (χ3v) is 5.00. The van der Waals surface area contributed by atoms with Crippen molar-refractivity contribution in [3.8, 4) is 0 Å². The largest absolute Gasteiger partial charge is 0.598 e. The average Bonchev–Trinajstić information content (AvgIpc) is 2.33. The van der Waals surface area contributed by atoms with Crippen molar-refractivity contribution < 1.29 is 17.7 Å². The first-order valence-electron chi connectivity index (χ1n) is 6.37. The summed E-state index contributed by atoms with van der Waals surface area (Å²) in [5.41, 5.74) is -0.699. The number of aromatic nitrogens is 1. The summed E-state index contributed by atoms with van der Waals surface area (Å²) in [6.07, 6.45) is -2.87. The van der Waals surface area contributed by atoms with Gasteiger partial charge in [0.1, 0.15) is 8.45 Å². The number of hydrogen-bond donors (Lipinski definition) is 1. The molecule has 0 aliphatic rings. The topological polar surface area (TPSA) is 48.0 Å². The van der Waals surface area contributed by atoms with Gasteiger partial charge in [0.15, 0.2) is 0 Å². The van der Waals surface area contributed by atoms with Gasteiger partial charge in [0.25, 0.3) is 0 Å². The highest BCUT2D eigenvalue weighted by Gasteiger charge is 2.37. The van der Waals surface area contributed by atoms with Crippen LogP contribution < -0.4 is 4.72 Å². The maximum absolute atomic E-state index is 13.2. The third kappa shape index (κ3) is 5.26. The van der Waals surface area contributed by atoms with Crippen LogP contribution in [0.15, 0.2) is 12.3 Å². The van der Waals surface area contributed by atoms with Crippen molar-refractivity contribution in [1.29, 1.82) is 0 Å². The predicted octanol–water partition coefficient (Wildman–Crippen LogP) is 4.21. The van der Waals surface area contributed by atoms with Gasteiger partial charge in [-0.1, -0.05) is 6.92 Å². The molecule has 0 radical (unpaired) electrons. The van der Waals surface area contributed by atoms with Crippen LogP contribution in [0.2, 0.25) is 0 Å². The summed E-state index contributed by atoms with van der Waals surface area (Å²) in [6.45, 7) is 7.04. The highest BCUT2D eigenvalue weighted by Crippen LogP contribution is 2.36. The summed E-state index contributed by atoms with van der Waals surface area (Å²) in [4.78, 5) is 3.94. The monoisotopic (exact) mass is 434 g/mol. The number of rotatable bonds is 4. The lowest BCUT2D eigenvalue weighted by molar-refractivity contribution is -0.138. The van der Waals surface area contributed by atoms with Crippen molar-refractivity contribution in [2.75, 3.05) is 0 Å². The van der Waals surface area contributed by atoms with E-state index in [1.807, 2.05) is 0 Å². The van der Waals surface area contributed by atoms with Crippen LogP contribution >= 0.6 is 22.6 Å². The van der Waals surface area contributed by atoms with E-state index < -0.39 is 33.9 Å². The Morgan fingerprint density at radius 3 is 2.38 bits per heavy atom. The minimum Gasteiger partial charge on any atom is -0.598 e. The van der Waals surface area contributed by atoms with E-state index in [2.05, 4.69) is 9.71 Å². The minimum absolute atomic E-state index is 0.0306. The SMILES string of the molecule is CC[C@@H](N[S+]([O-])C(C)(C)C)c1cnc(I)cc1C(F)(F)F. The molecule has 1 rings (SSSR count). The first kappa shape index (κ1) is 19.0. The maximum atomic E-state index is 13.2. The fraction of sp³-hybridized carbons (Fsp3) is 0.615. The summed E-state index contributed by atoms with van der Waals surface area (Å²) in [7, 11) is 0. The zero-order valence-corrected chi connectivity index (χ0v) is 15.2. The van der Waals surface area contributed by atoms with Gasteiger partial charge in [-0.3, -0.25) is 0 Å². The molecule has 120 valence electrons. The smallest absolute Gasteiger partial charge is 0.416 e. The van der Waals surface area contributed by atoms with Crippen LogP contribution in [0.5, 0.6) is 0 Å². The molecule has 21 heavy (non-hydrogen) atoms. The molecule has 1 heterocycles. The fourth-order valence-corrected chi connectivity index (χ4v) is 2.99. The molecule has 0 saturated carbocycles. The molecule has 0 amide bonds. The number of nitrogens with one attached hydrogen (secondary N) is 1. The minimum atomic E-state index is -4.46. The molecule has 0 spiro atoms. The molecule has 0 aliphatic heterocycles. The lowest BCUT2D eigenvalue weighted by Crippen LogP contribution is -2.41. The second kappa shape index (κ2) is 7.01. The summed E-state index contributed by atoms with van der Waals surface area (Å²) >= 11 is 0.289. The van der Waals surface area contributed by atoms with Crippen LogP contribution in [0.4, 0.5) is 13.2 Å². The average molecular weight is 434 g/mol. The van der Waals surface area contributed by atoms with E-state index in [-0.39, 0.29) is 9.26 Å². The second-order valence-electron chi connectivity index (χ2n) is 5.55. The summed E-state index contributed by atoms with van der Waals surface area (Å²) in [6, 6.07) is 0.353. The number of hydrogen-bond acceptors (Lipinski definition) is 3. The molecule has 0 aromatic carbocycles. The summed E-state index contributed by atoms with van der Waals surface area (Å²) in [5, 5.41) is 0. The van der Waals surface area contributed by atoms with E-state index in [4.69, 9.17) is 0 Å². The fourth-order valence-electron chi connectivity index (χ4n) is 1.64. The van der Waals surface area contributed by atoms with Crippen LogP contribution in [0.3, 0.4) is 0 Å². The van der Waals surface area contributed by atoms with Gasteiger partial charge in [0, 0.05) is 23.1 Å². The molecule has 3 nitrogen and oxygen atoms in total. The van der Waals surface area contributed by atoms with Crippen molar-refractivity contribution >= 4 is 34.0 Å². The Hall–Kier alpha value is -0.0600. The van der Waals surface area contributed by atoms with Crippen molar-refractivity contribution in [1.82, 2.24) is 9.71 Å². The molecular weight excluding hydrogens is 416 g/mol. The standard InChI is InChI=1S/C13H18F3IN2OS/c1-5-10(19-21(20)12(2,3)4)8-7-18-11(17)6-9(8)13(14,15)16/h6-7,10,19H,5H2,1-4H3/t10-,21?/m1/s1. The van der Waals surface area contributed by atoms with E-state index in [1.54, 1.807) is 50.3 Å². The van der Waals surface area contributed by atoms with Crippen molar-refractivity contribution in [2.45, 2.75) is 51.1 Å². The lowest BCUT2D eigenvalue weighted by atomic mass is 10.0. The molecule has 8 heteroatoms. The Balaban J connectivity index is 3.17. The van der Waals surface area contributed by atoms with E-state index in [1.165, 1.54) is 6.20 Å². The van der Waals surface area contributed by atoms with Gasteiger partial charge in [0.05, 0.1) is 11.6 Å². The zero-order valence-electron chi connectivity index (χ0n) is 12.2. The molecule has 1 N–H and O–H groups in total. The van der Waals surface area contributed by atoms with E-state index in [0.29, 0.717) is 6.42 Å². The van der Waals surface area contributed by atoms with Crippen LogP contribution in [0.25, 0.3) is 0 Å². The Labute approximate surface area is 139 Å². The van der Waals surface area contributed by atoms with Gasteiger partial charge in [-0.2, -0.15) is 13.2 Å².